The van der Waals surface area contributed by atoms with Gasteiger partial charge in [-0.2, -0.15) is 0 Å². The van der Waals surface area contributed by atoms with E-state index in [0.29, 0.717) is 13.2 Å². The van der Waals surface area contributed by atoms with Crippen LogP contribution in [0.15, 0.2) is 42.7 Å². The smallest absolute Gasteiger partial charge is 0.130 e. The summed E-state index contributed by atoms with van der Waals surface area (Å²) < 4.78 is 11.0. The summed E-state index contributed by atoms with van der Waals surface area (Å²) in [7, 11) is 0. The summed E-state index contributed by atoms with van der Waals surface area (Å²) in [5, 5.41) is 9.55. The predicted octanol–water partition coefficient (Wildman–Crippen LogP) is 2.11. The molecule has 1 aromatic rings. The molecule has 3 atom stereocenters. The third kappa shape index (κ3) is 3.32. The van der Waals surface area contributed by atoms with Gasteiger partial charge in [-0.3, -0.25) is 0 Å². The molecule has 1 aliphatic rings. The molecule has 0 fully saturated rings. The van der Waals surface area contributed by atoms with E-state index in [0.717, 1.165) is 5.56 Å². The molecule has 1 aliphatic heterocycles. The summed E-state index contributed by atoms with van der Waals surface area (Å²) in [6.45, 7) is 2.85. The van der Waals surface area contributed by atoms with E-state index < -0.39 is 6.10 Å². The van der Waals surface area contributed by atoms with Gasteiger partial charge in [0.2, 0.25) is 0 Å². The molecule has 0 unspecified atom stereocenters. The van der Waals surface area contributed by atoms with Crippen LogP contribution in [-0.2, 0) is 16.1 Å². The van der Waals surface area contributed by atoms with Gasteiger partial charge in [0.1, 0.15) is 6.10 Å². The number of aliphatic hydroxyl groups excluding tert-OH is 1. The highest BCUT2D eigenvalue weighted by atomic mass is 16.5. The normalized spacial score (nSPS) is 24.6. The zero-order valence-electron chi connectivity index (χ0n) is 9.95. The van der Waals surface area contributed by atoms with Gasteiger partial charge in [-0.1, -0.05) is 30.3 Å². The molecular weight excluding hydrogens is 216 g/mol. The van der Waals surface area contributed by atoms with Crippen molar-refractivity contribution in [2.75, 3.05) is 6.61 Å². The lowest BCUT2D eigenvalue weighted by Gasteiger charge is -2.20. The fourth-order valence-electron chi connectivity index (χ4n) is 1.94. The van der Waals surface area contributed by atoms with Crippen LogP contribution in [0.1, 0.15) is 12.5 Å². The van der Waals surface area contributed by atoms with Gasteiger partial charge in [0.15, 0.2) is 0 Å². The van der Waals surface area contributed by atoms with Crippen LogP contribution >= 0.6 is 0 Å². The van der Waals surface area contributed by atoms with E-state index in [1.807, 2.05) is 36.4 Å². The molecule has 2 rings (SSSR count). The molecule has 1 N–H and O–H groups in total. The van der Waals surface area contributed by atoms with Gasteiger partial charge in [0, 0.05) is 5.92 Å². The van der Waals surface area contributed by atoms with E-state index in [1.54, 1.807) is 13.2 Å². The second-order valence-corrected chi connectivity index (χ2v) is 4.32. The Labute approximate surface area is 102 Å². The second-order valence-electron chi connectivity index (χ2n) is 4.32. The van der Waals surface area contributed by atoms with E-state index in [2.05, 4.69) is 0 Å². The summed E-state index contributed by atoms with van der Waals surface area (Å²) in [6, 6.07) is 10.0. The average Bonchev–Trinajstić information content (AvgIpc) is 2.79. The summed E-state index contributed by atoms with van der Waals surface area (Å²) in [5.74, 6) is 0.0331. The lowest BCUT2D eigenvalue weighted by atomic mass is 9.99. The molecule has 92 valence electrons. The summed E-state index contributed by atoms with van der Waals surface area (Å²) in [6.07, 6.45) is 3.06. The fourth-order valence-corrected chi connectivity index (χ4v) is 1.94. The van der Waals surface area contributed by atoms with E-state index in [-0.39, 0.29) is 12.0 Å². The molecule has 0 aliphatic carbocycles. The standard InChI is InChI=1S/C14H18O3/c1-11(15)13-7-8-17-14(13)10-16-9-12-5-3-2-4-6-12/h2-8,11,13-15H,9-10H2,1H3/t11-,13-,14-/m1/s1. The molecule has 0 spiro atoms. The Balaban J connectivity index is 1.76. The summed E-state index contributed by atoms with van der Waals surface area (Å²) in [4.78, 5) is 0. The fraction of sp³-hybridized carbons (Fsp3) is 0.429. The van der Waals surface area contributed by atoms with Crippen LogP contribution in [0, 0.1) is 5.92 Å². The molecule has 3 nitrogen and oxygen atoms in total. The van der Waals surface area contributed by atoms with Gasteiger partial charge in [0.05, 0.1) is 25.6 Å². The quantitative estimate of drug-likeness (QED) is 0.848. The number of hydrogen-bond acceptors (Lipinski definition) is 3. The van der Waals surface area contributed by atoms with Crippen molar-refractivity contribution >= 4 is 0 Å². The Morgan fingerprint density at radius 1 is 1.35 bits per heavy atom. The highest BCUT2D eigenvalue weighted by Crippen LogP contribution is 2.21. The predicted molar refractivity (Wildman–Crippen MR) is 65.3 cm³/mol. The number of rotatable bonds is 5. The van der Waals surface area contributed by atoms with Crippen molar-refractivity contribution in [3.63, 3.8) is 0 Å². The van der Waals surface area contributed by atoms with Crippen molar-refractivity contribution in [3.8, 4) is 0 Å². The highest BCUT2D eigenvalue weighted by molar-refractivity contribution is 5.13. The monoisotopic (exact) mass is 234 g/mol. The van der Waals surface area contributed by atoms with Crippen molar-refractivity contribution in [3.05, 3.63) is 48.2 Å². The summed E-state index contributed by atoms with van der Waals surface area (Å²) in [5.41, 5.74) is 1.15. The highest BCUT2D eigenvalue weighted by Gasteiger charge is 2.28. The first-order chi connectivity index (χ1) is 8.27. The molecule has 0 amide bonds. The topological polar surface area (TPSA) is 38.7 Å². The van der Waals surface area contributed by atoms with Crippen LogP contribution in [0.2, 0.25) is 0 Å². The summed E-state index contributed by atoms with van der Waals surface area (Å²) >= 11 is 0. The number of aliphatic hydroxyl groups is 1. The molecule has 0 radical (unpaired) electrons. The molecule has 0 saturated carbocycles. The van der Waals surface area contributed by atoms with E-state index in [9.17, 15) is 5.11 Å². The number of ether oxygens (including phenoxy) is 2. The number of benzene rings is 1. The molecule has 0 saturated heterocycles. The zero-order chi connectivity index (χ0) is 12.1. The first kappa shape index (κ1) is 12.1. The van der Waals surface area contributed by atoms with Crippen molar-refractivity contribution < 1.29 is 14.6 Å². The maximum Gasteiger partial charge on any atom is 0.130 e. The molecule has 1 aromatic carbocycles. The number of hydrogen-bond donors (Lipinski definition) is 1. The molecule has 3 heteroatoms. The van der Waals surface area contributed by atoms with E-state index in [1.165, 1.54) is 0 Å². The lowest BCUT2D eigenvalue weighted by molar-refractivity contribution is -0.0130. The lowest BCUT2D eigenvalue weighted by Crippen LogP contribution is -2.30. The van der Waals surface area contributed by atoms with Gasteiger partial charge in [0.25, 0.3) is 0 Å². The van der Waals surface area contributed by atoms with Crippen molar-refractivity contribution in [1.29, 1.82) is 0 Å². The van der Waals surface area contributed by atoms with E-state index >= 15 is 0 Å². The second kappa shape index (κ2) is 5.84. The SMILES string of the molecule is C[C@@H](O)[C@H]1C=CO[C@@H]1COCc1ccccc1. The van der Waals surface area contributed by atoms with Crippen molar-refractivity contribution in [2.45, 2.75) is 25.7 Å². The average molecular weight is 234 g/mol. The Morgan fingerprint density at radius 2 is 2.12 bits per heavy atom. The van der Waals surface area contributed by atoms with Crippen molar-refractivity contribution in [1.82, 2.24) is 0 Å². The zero-order valence-corrected chi connectivity index (χ0v) is 9.95. The minimum absolute atomic E-state index is 0.0331. The van der Waals surface area contributed by atoms with Gasteiger partial charge in [-0.05, 0) is 18.6 Å². The Kier molecular flexibility index (Phi) is 4.18. The van der Waals surface area contributed by atoms with Gasteiger partial charge in [-0.25, -0.2) is 0 Å². The minimum atomic E-state index is -0.404. The minimum Gasteiger partial charge on any atom is -0.495 e. The van der Waals surface area contributed by atoms with E-state index in [4.69, 9.17) is 9.47 Å². The first-order valence-electron chi connectivity index (χ1n) is 5.89. The molecule has 17 heavy (non-hydrogen) atoms. The molecule has 0 bridgehead atoms. The maximum absolute atomic E-state index is 9.55. The maximum atomic E-state index is 9.55. The third-order valence-electron chi connectivity index (χ3n) is 2.93. The van der Waals surface area contributed by atoms with Crippen LogP contribution in [0.4, 0.5) is 0 Å². The van der Waals surface area contributed by atoms with Crippen molar-refractivity contribution in [2.24, 2.45) is 5.92 Å². The Morgan fingerprint density at radius 3 is 2.82 bits per heavy atom. The van der Waals surface area contributed by atoms with Crippen LogP contribution in [0.25, 0.3) is 0 Å². The van der Waals surface area contributed by atoms with Gasteiger partial charge >= 0.3 is 0 Å². The molecular formula is C14H18O3. The van der Waals surface area contributed by atoms with Crippen LogP contribution < -0.4 is 0 Å². The Hall–Kier alpha value is -1.32. The van der Waals surface area contributed by atoms with Crippen LogP contribution in [0.3, 0.4) is 0 Å². The van der Waals surface area contributed by atoms with Crippen LogP contribution in [-0.4, -0.2) is 23.9 Å². The molecule has 1 heterocycles. The van der Waals surface area contributed by atoms with Crippen LogP contribution in [0.5, 0.6) is 0 Å². The largest absolute Gasteiger partial charge is 0.495 e. The first-order valence-corrected chi connectivity index (χ1v) is 5.89. The Bertz CT molecular complexity index is 359. The third-order valence-corrected chi connectivity index (χ3v) is 2.93. The van der Waals surface area contributed by atoms with Gasteiger partial charge < -0.3 is 14.6 Å². The molecule has 0 aromatic heterocycles. The van der Waals surface area contributed by atoms with Gasteiger partial charge in [-0.15, -0.1) is 0 Å².